The molecular formula is C18H21N3O. The van der Waals surface area contributed by atoms with E-state index in [0.29, 0.717) is 6.54 Å². The lowest BCUT2D eigenvalue weighted by molar-refractivity contribution is 0.237. The van der Waals surface area contributed by atoms with Gasteiger partial charge in [0.1, 0.15) is 0 Å². The third-order valence-corrected chi connectivity index (χ3v) is 4.36. The number of rotatable bonds is 5. The molecule has 4 nitrogen and oxygen atoms in total. The molecule has 0 bridgehead atoms. The predicted octanol–water partition coefficient (Wildman–Crippen LogP) is 3.17. The molecule has 1 heterocycles. The van der Waals surface area contributed by atoms with E-state index in [1.807, 2.05) is 25.1 Å². The van der Waals surface area contributed by atoms with Crippen LogP contribution in [0.25, 0.3) is 0 Å². The minimum atomic E-state index is -0.126. The summed E-state index contributed by atoms with van der Waals surface area (Å²) in [6.07, 6.45) is 5.77. The second-order valence-corrected chi connectivity index (χ2v) is 5.98. The van der Waals surface area contributed by atoms with E-state index in [9.17, 15) is 4.79 Å². The van der Waals surface area contributed by atoms with Crippen molar-refractivity contribution in [2.45, 2.75) is 31.2 Å². The van der Waals surface area contributed by atoms with Gasteiger partial charge in [-0.25, -0.2) is 4.79 Å². The molecule has 0 saturated heterocycles. The van der Waals surface area contributed by atoms with Crippen molar-refractivity contribution < 1.29 is 4.79 Å². The fourth-order valence-electron chi connectivity index (χ4n) is 2.72. The van der Waals surface area contributed by atoms with Gasteiger partial charge >= 0.3 is 6.03 Å². The molecule has 1 fully saturated rings. The van der Waals surface area contributed by atoms with E-state index in [4.69, 9.17) is 0 Å². The lowest BCUT2D eigenvalue weighted by Crippen LogP contribution is -2.40. The summed E-state index contributed by atoms with van der Waals surface area (Å²) < 4.78 is 0. The van der Waals surface area contributed by atoms with E-state index < -0.39 is 0 Å². The SMILES string of the molecule is C[C@H](NC(=O)NCC1(c2ccccc2)CC1)c1cccnc1. The van der Waals surface area contributed by atoms with Crippen LogP contribution < -0.4 is 10.6 Å². The van der Waals surface area contributed by atoms with Crippen LogP contribution in [0, 0.1) is 0 Å². The van der Waals surface area contributed by atoms with E-state index >= 15 is 0 Å². The van der Waals surface area contributed by atoms with Crippen LogP contribution in [0.4, 0.5) is 4.79 Å². The van der Waals surface area contributed by atoms with Gasteiger partial charge in [0, 0.05) is 24.4 Å². The summed E-state index contributed by atoms with van der Waals surface area (Å²) in [5.41, 5.74) is 2.45. The Hall–Kier alpha value is -2.36. The van der Waals surface area contributed by atoms with Crippen molar-refractivity contribution in [2.75, 3.05) is 6.54 Å². The molecule has 0 aliphatic heterocycles. The minimum absolute atomic E-state index is 0.0550. The van der Waals surface area contributed by atoms with E-state index in [2.05, 4.69) is 39.9 Å². The lowest BCUT2D eigenvalue weighted by atomic mass is 9.96. The van der Waals surface area contributed by atoms with Crippen LogP contribution in [0.2, 0.25) is 0 Å². The third kappa shape index (κ3) is 3.27. The van der Waals surface area contributed by atoms with Crippen LogP contribution in [0.1, 0.15) is 36.9 Å². The molecule has 0 unspecified atom stereocenters. The van der Waals surface area contributed by atoms with Crippen LogP contribution in [-0.4, -0.2) is 17.6 Å². The normalized spacial score (nSPS) is 16.6. The van der Waals surface area contributed by atoms with Gasteiger partial charge < -0.3 is 10.6 Å². The van der Waals surface area contributed by atoms with Crippen molar-refractivity contribution in [3.63, 3.8) is 0 Å². The zero-order chi connectivity index (χ0) is 15.4. The molecular weight excluding hydrogens is 274 g/mol. The molecule has 4 heteroatoms. The van der Waals surface area contributed by atoms with Gasteiger partial charge in [-0.15, -0.1) is 0 Å². The molecule has 1 aromatic heterocycles. The number of carbonyl (C=O) groups is 1. The number of carbonyl (C=O) groups excluding carboxylic acids is 1. The summed E-state index contributed by atoms with van der Waals surface area (Å²) in [5, 5.41) is 5.97. The van der Waals surface area contributed by atoms with Gasteiger partial charge in [0.2, 0.25) is 0 Å². The Morgan fingerprint density at radius 1 is 1.23 bits per heavy atom. The van der Waals surface area contributed by atoms with Crippen LogP contribution in [0.5, 0.6) is 0 Å². The highest BCUT2D eigenvalue weighted by Gasteiger charge is 2.44. The van der Waals surface area contributed by atoms with Crippen molar-refractivity contribution in [3.8, 4) is 0 Å². The number of benzene rings is 1. The van der Waals surface area contributed by atoms with Crippen molar-refractivity contribution in [2.24, 2.45) is 0 Å². The largest absolute Gasteiger partial charge is 0.337 e. The Balaban J connectivity index is 1.53. The first-order valence-corrected chi connectivity index (χ1v) is 7.69. The molecule has 2 aromatic rings. The second-order valence-electron chi connectivity index (χ2n) is 5.98. The van der Waals surface area contributed by atoms with E-state index in [1.54, 1.807) is 12.4 Å². The number of pyridine rings is 1. The highest BCUT2D eigenvalue weighted by Crippen LogP contribution is 2.47. The van der Waals surface area contributed by atoms with Crippen LogP contribution >= 0.6 is 0 Å². The third-order valence-electron chi connectivity index (χ3n) is 4.36. The maximum atomic E-state index is 12.1. The highest BCUT2D eigenvalue weighted by molar-refractivity contribution is 5.74. The Morgan fingerprint density at radius 3 is 2.64 bits per heavy atom. The molecule has 1 saturated carbocycles. The van der Waals surface area contributed by atoms with Gasteiger partial charge in [0.25, 0.3) is 0 Å². The quantitative estimate of drug-likeness (QED) is 0.890. The fraction of sp³-hybridized carbons (Fsp3) is 0.333. The number of hydrogen-bond acceptors (Lipinski definition) is 2. The molecule has 1 aliphatic carbocycles. The maximum Gasteiger partial charge on any atom is 0.315 e. The molecule has 22 heavy (non-hydrogen) atoms. The number of aromatic nitrogens is 1. The molecule has 1 atom stereocenters. The Morgan fingerprint density at radius 2 is 2.00 bits per heavy atom. The topological polar surface area (TPSA) is 54.0 Å². The van der Waals surface area contributed by atoms with E-state index in [1.165, 1.54) is 5.56 Å². The molecule has 3 rings (SSSR count). The van der Waals surface area contributed by atoms with E-state index in [0.717, 1.165) is 18.4 Å². The van der Waals surface area contributed by atoms with Gasteiger partial charge in [0.05, 0.1) is 6.04 Å². The van der Waals surface area contributed by atoms with Crippen molar-refractivity contribution in [1.82, 2.24) is 15.6 Å². The molecule has 114 valence electrons. The molecule has 1 aliphatic rings. The van der Waals surface area contributed by atoms with Gasteiger partial charge in [-0.3, -0.25) is 4.98 Å². The van der Waals surface area contributed by atoms with Crippen molar-refractivity contribution in [1.29, 1.82) is 0 Å². The minimum Gasteiger partial charge on any atom is -0.337 e. The molecule has 2 N–H and O–H groups in total. The van der Waals surface area contributed by atoms with Crippen LogP contribution in [0.3, 0.4) is 0 Å². The summed E-state index contributed by atoms with van der Waals surface area (Å²) in [7, 11) is 0. The van der Waals surface area contributed by atoms with Gasteiger partial charge in [-0.1, -0.05) is 36.4 Å². The fourth-order valence-corrected chi connectivity index (χ4v) is 2.72. The Kier molecular flexibility index (Phi) is 4.09. The van der Waals surface area contributed by atoms with Gasteiger partial charge in [-0.05, 0) is 37.0 Å². The lowest BCUT2D eigenvalue weighted by Gasteiger charge is -2.19. The summed E-state index contributed by atoms with van der Waals surface area (Å²) in [6, 6.07) is 14.1. The molecule has 1 aromatic carbocycles. The van der Waals surface area contributed by atoms with E-state index in [-0.39, 0.29) is 17.5 Å². The maximum absolute atomic E-state index is 12.1. The van der Waals surface area contributed by atoms with Gasteiger partial charge in [-0.2, -0.15) is 0 Å². The summed E-state index contributed by atoms with van der Waals surface area (Å²) in [6.45, 7) is 2.64. The summed E-state index contributed by atoms with van der Waals surface area (Å²) >= 11 is 0. The van der Waals surface area contributed by atoms with Crippen LogP contribution in [0.15, 0.2) is 54.9 Å². The van der Waals surface area contributed by atoms with Crippen molar-refractivity contribution in [3.05, 3.63) is 66.0 Å². The van der Waals surface area contributed by atoms with Crippen molar-refractivity contribution >= 4 is 6.03 Å². The standard InChI is InChI=1S/C18H21N3O/c1-14(15-6-5-11-19-12-15)21-17(22)20-13-18(9-10-18)16-7-3-2-4-8-16/h2-8,11-12,14H,9-10,13H2,1H3,(H2,20,21,22)/t14-/m0/s1. The average molecular weight is 295 g/mol. The first-order valence-electron chi connectivity index (χ1n) is 7.69. The average Bonchev–Trinajstić information content (AvgIpc) is 3.36. The second kappa shape index (κ2) is 6.18. The number of urea groups is 1. The first kappa shape index (κ1) is 14.6. The monoisotopic (exact) mass is 295 g/mol. The van der Waals surface area contributed by atoms with Crippen LogP contribution in [-0.2, 0) is 5.41 Å². The Bertz CT molecular complexity index is 623. The predicted molar refractivity (Wildman–Crippen MR) is 86.5 cm³/mol. The first-order chi connectivity index (χ1) is 10.7. The molecule has 0 spiro atoms. The smallest absolute Gasteiger partial charge is 0.315 e. The number of nitrogens with zero attached hydrogens (tertiary/aromatic N) is 1. The number of nitrogens with one attached hydrogen (secondary N) is 2. The highest BCUT2D eigenvalue weighted by atomic mass is 16.2. The number of hydrogen-bond donors (Lipinski definition) is 2. The Labute approximate surface area is 131 Å². The number of amides is 2. The van der Waals surface area contributed by atoms with Gasteiger partial charge in [0.15, 0.2) is 0 Å². The summed E-state index contributed by atoms with van der Waals surface area (Å²) in [5.74, 6) is 0. The zero-order valence-corrected chi connectivity index (χ0v) is 12.8. The molecule has 2 amide bonds. The summed E-state index contributed by atoms with van der Waals surface area (Å²) in [4.78, 5) is 16.2. The zero-order valence-electron chi connectivity index (χ0n) is 12.8. The molecule has 0 radical (unpaired) electrons.